The molecule has 104 valence electrons. The van der Waals surface area contributed by atoms with Crippen LogP contribution >= 0.6 is 11.5 Å². The molecule has 0 bridgehead atoms. The van der Waals surface area contributed by atoms with Crippen molar-refractivity contribution in [3.05, 3.63) is 18.2 Å². The van der Waals surface area contributed by atoms with Gasteiger partial charge < -0.3 is 5.73 Å². The Kier molecular flexibility index (Phi) is 3.19. The summed E-state index contributed by atoms with van der Waals surface area (Å²) in [5.74, 6) is 0. The van der Waals surface area contributed by atoms with Gasteiger partial charge in [0, 0.05) is 5.39 Å². The molecule has 2 N–H and O–H groups in total. The number of benzene rings is 1. The van der Waals surface area contributed by atoms with Gasteiger partial charge in [-0.05, 0) is 29.7 Å². The highest BCUT2D eigenvalue weighted by molar-refractivity contribution is 8.09. The van der Waals surface area contributed by atoms with Crippen molar-refractivity contribution in [2.45, 2.75) is 0 Å². The van der Waals surface area contributed by atoms with Crippen LogP contribution in [0.2, 0.25) is 0 Å². The zero-order valence-corrected chi connectivity index (χ0v) is 12.5. The highest BCUT2D eigenvalue weighted by Gasteiger charge is 2.27. The highest BCUT2D eigenvalue weighted by atomic mass is 32.3. The molecule has 0 unspecified atom stereocenters. The molecule has 0 saturated carbocycles. The summed E-state index contributed by atoms with van der Waals surface area (Å²) in [7, 11) is -7.91. The number of aromatic nitrogens is 1. The van der Waals surface area contributed by atoms with E-state index in [9.17, 15) is 16.8 Å². The molecule has 10 heteroatoms. The fourth-order valence-corrected chi connectivity index (χ4v) is 5.27. The van der Waals surface area contributed by atoms with E-state index < -0.39 is 20.0 Å². The van der Waals surface area contributed by atoms with Gasteiger partial charge in [-0.15, -0.1) is 0 Å². The number of hydrogen-bond acceptors (Lipinski definition) is 7. The van der Waals surface area contributed by atoms with Crippen LogP contribution in [0.5, 0.6) is 0 Å². The third-order valence-corrected chi connectivity index (χ3v) is 6.26. The first-order chi connectivity index (χ1) is 8.60. The predicted octanol–water partition coefficient (Wildman–Crippen LogP) is 0.604. The minimum absolute atomic E-state index is 0.0180. The standard InChI is InChI=1S/C9H11N3O4S3/c1-18(13,14)12(19(2,15)16)6-3-4-8-7(5-6)9(10)17-11-8/h3-5H,10H2,1-2H3. The van der Waals surface area contributed by atoms with Crippen molar-refractivity contribution in [2.24, 2.45) is 0 Å². The summed E-state index contributed by atoms with van der Waals surface area (Å²) in [6.45, 7) is 0. The first-order valence-corrected chi connectivity index (χ1v) is 9.43. The first kappa shape index (κ1) is 14.0. The predicted molar refractivity (Wildman–Crippen MR) is 76.2 cm³/mol. The van der Waals surface area contributed by atoms with Crippen molar-refractivity contribution in [1.82, 2.24) is 4.37 Å². The molecule has 1 heterocycles. The van der Waals surface area contributed by atoms with Crippen LogP contribution in [0, 0.1) is 0 Å². The normalized spacial score (nSPS) is 12.7. The summed E-state index contributed by atoms with van der Waals surface area (Å²) in [5.41, 5.74) is 6.31. The molecular formula is C9H11N3O4S3. The monoisotopic (exact) mass is 321 g/mol. The first-order valence-electron chi connectivity index (χ1n) is 4.96. The van der Waals surface area contributed by atoms with E-state index in [0.29, 0.717) is 19.6 Å². The van der Waals surface area contributed by atoms with E-state index >= 15 is 0 Å². The summed E-state index contributed by atoms with van der Waals surface area (Å²) in [5, 5.41) is 0.929. The van der Waals surface area contributed by atoms with Crippen LogP contribution in [-0.4, -0.2) is 33.7 Å². The maximum atomic E-state index is 11.6. The van der Waals surface area contributed by atoms with E-state index in [1.807, 2.05) is 0 Å². The molecule has 0 amide bonds. The summed E-state index contributed by atoms with van der Waals surface area (Å²) in [4.78, 5) is 0. The van der Waals surface area contributed by atoms with Gasteiger partial charge in [-0.2, -0.15) is 8.08 Å². The zero-order valence-electron chi connectivity index (χ0n) is 10.1. The number of hydrogen-bond donors (Lipinski definition) is 1. The van der Waals surface area contributed by atoms with E-state index in [0.717, 1.165) is 24.0 Å². The summed E-state index contributed by atoms with van der Waals surface area (Å²) < 4.78 is 51.0. The Labute approximate surface area is 114 Å². The lowest BCUT2D eigenvalue weighted by atomic mass is 10.2. The molecule has 19 heavy (non-hydrogen) atoms. The molecule has 0 aliphatic heterocycles. The topological polar surface area (TPSA) is 110 Å². The fourth-order valence-electron chi connectivity index (χ4n) is 1.69. The lowest BCUT2D eigenvalue weighted by molar-refractivity contribution is 0.591. The summed E-state index contributed by atoms with van der Waals surface area (Å²) in [6, 6.07) is 4.31. The minimum Gasteiger partial charge on any atom is -0.389 e. The number of sulfonamides is 2. The van der Waals surface area contributed by atoms with E-state index in [1.54, 1.807) is 0 Å². The molecule has 1 aromatic heterocycles. The third-order valence-electron chi connectivity index (χ3n) is 2.30. The number of nitrogen functional groups attached to an aromatic ring is 1. The largest absolute Gasteiger partial charge is 0.389 e. The molecule has 0 aliphatic rings. The van der Waals surface area contributed by atoms with Crippen LogP contribution in [0.4, 0.5) is 10.7 Å². The van der Waals surface area contributed by atoms with Gasteiger partial charge in [-0.3, -0.25) is 0 Å². The minimum atomic E-state index is -3.95. The second-order valence-electron chi connectivity index (χ2n) is 3.97. The van der Waals surface area contributed by atoms with Crippen LogP contribution in [0.1, 0.15) is 0 Å². The van der Waals surface area contributed by atoms with Gasteiger partial charge in [-0.25, -0.2) is 16.8 Å². The second-order valence-corrected chi connectivity index (χ2v) is 8.67. The molecule has 2 aromatic rings. The Balaban J connectivity index is 2.74. The average molecular weight is 321 g/mol. The van der Waals surface area contributed by atoms with Crippen LogP contribution in [0.15, 0.2) is 18.2 Å². The van der Waals surface area contributed by atoms with Crippen molar-refractivity contribution in [3.8, 4) is 0 Å². The van der Waals surface area contributed by atoms with E-state index in [4.69, 9.17) is 5.73 Å². The number of nitrogens with zero attached hydrogens (tertiary/aromatic N) is 2. The van der Waals surface area contributed by atoms with Crippen molar-refractivity contribution in [2.75, 3.05) is 22.0 Å². The smallest absolute Gasteiger partial charge is 0.245 e. The fraction of sp³-hybridized carbons (Fsp3) is 0.222. The van der Waals surface area contributed by atoms with Crippen molar-refractivity contribution in [1.29, 1.82) is 0 Å². The molecule has 0 aliphatic carbocycles. The Morgan fingerprint density at radius 3 is 2.26 bits per heavy atom. The molecule has 0 atom stereocenters. The molecule has 7 nitrogen and oxygen atoms in total. The molecule has 2 rings (SSSR count). The number of anilines is 2. The maximum absolute atomic E-state index is 11.6. The summed E-state index contributed by atoms with van der Waals surface area (Å²) in [6.07, 6.45) is 1.65. The van der Waals surface area contributed by atoms with Crippen molar-refractivity contribution >= 4 is 53.2 Å². The molecule has 1 aromatic carbocycles. The van der Waals surface area contributed by atoms with E-state index in [-0.39, 0.29) is 5.69 Å². The third kappa shape index (κ3) is 2.65. The van der Waals surface area contributed by atoms with Gasteiger partial charge >= 0.3 is 0 Å². The Hall–Kier alpha value is -1.39. The molecule has 0 spiro atoms. The lowest BCUT2D eigenvalue weighted by Gasteiger charge is -2.19. The van der Waals surface area contributed by atoms with Crippen LogP contribution in [0.25, 0.3) is 10.9 Å². The van der Waals surface area contributed by atoms with Gasteiger partial charge in [0.15, 0.2) is 0 Å². The maximum Gasteiger partial charge on any atom is 0.245 e. The van der Waals surface area contributed by atoms with Crippen LogP contribution < -0.4 is 9.44 Å². The molecule has 0 fully saturated rings. The Bertz CT molecular complexity index is 807. The van der Waals surface area contributed by atoms with Gasteiger partial charge in [0.2, 0.25) is 20.0 Å². The van der Waals surface area contributed by atoms with Gasteiger partial charge in [0.25, 0.3) is 0 Å². The number of nitrogens with two attached hydrogens (primary N) is 1. The van der Waals surface area contributed by atoms with Crippen molar-refractivity contribution < 1.29 is 16.8 Å². The Morgan fingerprint density at radius 2 is 1.74 bits per heavy atom. The van der Waals surface area contributed by atoms with Crippen molar-refractivity contribution in [3.63, 3.8) is 0 Å². The van der Waals surface area contributed by atoms with E-state index in [1.165, 1.54) is 18.2 Å². The van der Waals surface area contributed by atoms with E-state index in [2.05, 4.69) is 4.37 Å². The lowest BCUT2D eigenvalue weighted by Crippen LogP contribution is -2.35. The van der Waals surface area contributed by atoms with Gasteiger partial charge in [0.05, 0.1) is 23.7 Å². The zero-order chi connectivity index (χ0) is 14.4. The summed E-state index contributed by atoms with van der Waals surface area (Å²) >= 11 is 1.06. The molecule has 0 radical (unpaired) electrons. The molecule has 0 saturated heterocycles. The second kappa shape index (κ2) is 4.32. The SMILES string of the molecule is CS(=O)(=O)N(c1ccc2nsc(N)c2c1)S(C)(=O)=O. The highest BCUT2D eigenvalue weighted by Crippen LogP contribution is 2.30. The molecular weight excluding hydrogens is 310 g/mol. The number of rotatable bonds is 3. The average Bonchev–Trinajstić information content (AvgIpc) is 2.56. The van der Waals surface area contributed by atoms with Gasteiger partial charge in [0.1, 0.15) is 5.00 Å². The van der Waals surface area contributed by atoms with Gasteiger partial charge in [-0.1, -0.05) is 0 Å². The van der Waals surface area contributed by atoms with Crippen LogP contribution in [0.3, 0.4) is 0 Å². The quantitative estimate of drug-likeness (QED) is 0.886. The number of fused-ring (bicyclic) bond motifs is 1. The Morgan fingerprint density at radius 1 is 1.16 bits per heavy atom. The van der Waals surface area contributed by atoms with Crippen LogP contribution in [-0.2, 0) is 20.0 Å².